The average molecular weight is 187 g/mol. The summed E-state index contributed by atoms with van der Waals surface area (Å²) in [5, 5.41) is 17.8. The highest BCUT2D eigenvalue weighted by Crippen LogP contribution is 2.23. The fourth-order valence-corrected chi connectivity index (χ4v) is 1.78. The minimum Gasteiger partial charge on any atom is -0.480 e. The standard InChI is InChI=1S/C9H17NO3/c1-6-3-10(4-8(6)5-11)7(2)9(12)13/h6-8,11H,3-5H2,1-2H3,(H,12,13)/t6-,7+,8-/m1/s1. The second-order valence-electron chi connectivity index (χ2n) is 3.89. The van der Waals surface area contributed by atoms with Crippen molar-refractivity contribution in [2.24, 2.45) is 11.8 Å². The van der Waals surface area contributed by atoms with E-state index in [1.54, 1.807) is 6.92 Å². The molecule has 1 saturated heterocycles. The minimum atomic E-state index is -0.786. The molecule has 13 heavy (non-hydrogen) atoms. The van der Waals surface area contributed by atoms with Gasteiger partial charge in [0.25, 0.3) is 0 Å². The van der Waals surface area contributed by atoms with Gasteiger partial charge in [0.1, 0.15) is 6.04 Å². The molecule has 4 heteroatoms. The smallest absolute Gasteiger partial charge is 0.320 e. The summed E-state index contributed by atoms with van der Waals surface area (Å²) in [7, 11) is 0. The number of carboxylic acid groups (broad SMARTS) is 1. The van der Waals surface area contributed by atoms with Crippen molar-refractivity contribution in [3.8, 4) is 0 Å². The summed E-state index contributed by atoms with van der Waals surface area (Å²) in [6.07, 6.45) is 0. The van der Waals surface area contributed by atoms with E-state index >= 15 is 0 Å². The van der Waals surface area contributed by atoms with Gasteiger partial charge in [0, 0.05) is 19.7 Å². The molecule has 3 atom stereocenters. The quantitative estimate of drug-likeness (QED) is 0.654. The molecular weight excluding hydrogens is 170 g/mol. The highest BCUT2D eigenvalue weighted by molar-refractivity contribution is 5.72. The molecule has 4 nitrogen and oxygen atoms in total. The number of hydrogen-bond acceptors (Lipinski definition) is 3. The lowest BCUT2D eigenvalue weighted by Crippen LogP contribution is -2.37. The van der Waals surface area contributed by atoms with E-state index < -0.39 is 12.0 Å². The van der Waals surface area contributed by atoms with Crippen LogP contribution in [0.15, 0.2) is 0 Å². The second-order valence-corrected chi connectivity index (χ2v) is 3.89. The van der Waals surface area contributed by atoms with E-state index in [0.717, 1.165) is 6.54 Å². The van der Waals surface area contributed by atoms with E-state index in [0.29, 0.717) is 12.5 Å². The molecule has 0 aromatic heterocycles. The van der Waals surface area contributed by atoms with Gasteiger partial charge < -0.3 is 10.2 Å². The Hall–Kier alpha value is -0.610. The lowest BCUT2D eigenvalue weighted by Gasteiger charge is -2.19. The van der Waals surface area contributed by atoms with Crippen LogP contribution in [0.4, 0.5) is 0 Å². The van der Waals surface area contributed by atoms with E-state index in [2.05, 4.69) is 6.92 Å². The molecule has 1 fully saturated rings. The highest BCUT2D eigenvalue weighted by atomic mass is 16.4. The molecule has 0 amide bonds. The van der Waals surface area contributed by atoms with Gasteiger partial charge in [-0.3, -0.25) is 9.69 Å². The molecule has 0 bridgehead atoms. The van der Waals surface area contributed by atoms with Crippen LogP contribution in [0.3, 0.4) is 0 Å². The van der Waals surface area contributed by atoms with Crippen molar-refractivity contribution in [2.75, 3.05) is 19.7 Å². The molecule has 0 saturated carbocycles. The van der Waals surface area contributed by atoms with Crippen LogP contribution >= 0.6 is 0 Å². The third-order valence-corrected chi connectivity index (χ3v) is 2.94. The summed E-state index contributed by atoms with van der Waals surface area (Å²) >= 11 is 0. The summed E-state index contributed by atoms with van der Waals surface area (Å²) in [5.41, 5.74) is 0. The molecule has 2 N–H and O–H groups in total. The molecule has 0 aromatic rings. The van der Waals surface area contributed by atoms with Gasteiger partial charge >= 0.3 is 5.97 Å². The van der Waals surface area contributed by atoms with Crippen LogP contribution in [-0.2, 0) is 4.79 Å². The van der Waals surface area contributed by atoms with Crippen molar-refractivity contribution in [2.45, 2.75) is 19.9 Å². The van der Waals surface area contributed by atoms with E-state index in [-0.39, 0.29) is 12.5 Å². The zero-order chi connectivity index (χ0) is 10.0. The Bertz CT molecular complexity index is 195. The van der Waals surface area contributed by atoms with Gasteiger partial charge in [-0.25, -0.2) is 0 Å². The van der Waals surface area contributed by atoms with Crippen LogP contribution in [0, 0.1) is 11.8 Å². The zero-order valence-electron chi connectivity index (χ0n) is 8.10. The number of aliphatic hydroxyl groups excluding tert-OH is 1. The summed E-state index contributed by atoms with van der Waals surface area (Å²) in [4.78, 5) is 12.6. The highest BCUT2D eigenvalue weighted by Gasteiger charge is 2.33. The topological polar surface area (TPSA) is 60.8 Å². The first kappa shape index (κ1) is 10.5. The van der Waals surface area contributed by atoms with Gasteiger partial charge in [-0.2, -0.15) is 0 Å². The molecule has 1 aliphatic heterocycles. The fourth-order valence-electron chi connectivity index (χ4n) is 1.78. The van der Waals surface area contributed by atoms with E-state index in [4.69, 9.17) is 10.2 Å². The molecule has 1 rings (SSSR count). The van der Waals surface area contributed by atoms with Crippen LogP contribution in [0.5, 0.6) is 0 Å². The maximum absolute atomic E-state index is 10.7. The number of aliphatic hydroxyl groups is 1. The fraction of sp³-hybridized carbons (Fsp3) is 0.889. The summed E-state index contributed by atoms with van der Waals surface area (Å²) in [6.45, 7) is 5.37. The summed E-state index contributed by atoms with van der Waals surface area (Å²) < 4.78 is 0. The molecule has 0 radical (unpaired) electrons. The van der Waals surface area contributed by atoms with Crippen LogP contribution in [0.2, 0.25) is 0 Å². The number of nitrogens with zero attached hydrogens (tertiary/aromatic N) is 1. The third-order valence-electron chi connectivity index (χ3n) is 2.94. The first-order chi connectivity index (χ1) is 6.06. The first-order valence-electron chi connectivity index (χ1n) is 4.64. The number of rotatable bonds is 3. The van der Waals surface area contributed by atoms with Gasteiger partial charge in [-0.1, -0.05) is 6.92 Å². The van der Waals surface area contributed by atoms with E-state index in [9.17, 15) is 4.79 Å². The molecule has 0 unspecified atom stereocenters. The second kappa shape index (κ2) is 4.07. The van der Waals surface area contributed by atoms with Crippen LogP contribution < -0.4 is 0 Å². The monoisotopic (exact) mass is 187 g/mol. The van der Waals surface area contributed by atoms with Crippen molar-refractivity contribution in [1.29, 1.82) is 0 Å². The van der Waals surface area contributed by atoms with Gasteiger partial charge in [-0.05, 0) is 18.8 Å². The largest absolute Gasteiger partial charge is 0.480 e. The lowest BCUT2D eigenvalue weighted by atomic mass is 10.00. The van der Waals surface area contributed by atoms with Crippen LogP contribution in [-0.4, -0.2) is 46.8 Å². The predicted octanol–water partition coefficient (Wildman–Crippen LogP) is 0.0197. The third kappa shape index (κ3) is 2.19. The molecular formula is C9H17NO3. The number of likely N-dealkylation sites (tertiary alicyclic amines) is 1. The Balaban J connectivity index is 2.52. The Morgan fingerprint density at radius 3 is 2.62 bits per heavy atom. The Labute approximate surface area is 78.2 Å². The summed E-state index contributed by atoms with van der Waals surface area (Å²) in [5.74, 6) is -0.153. The van der Waals surface area contributed by atoms with Gasteiger partial charge in [0.2, 0.25) is 0 Å². The molecule has 0 aliphatic carbocycles. The zero-order valence-corrected chi connectivity index (χ0v) is 8.10. The molecule has 76 valence electrons. The maximum atomic E-state index is 10.7. The minimum absolute atomic E-state index is 0.157. The lowest BCUT2D eigenvalue weighted by molar-refractivity contribution is -0.142. The number of hydrogen-bond donors (Lipinski definition) is 2. The van der Waals surface area contributed by atoms with Gasteiger partial charge in [0.05, 0.1) is 0 Å². The number of carboxylic acids is 1. The van der Waals surface area contributed by atoms with Crippen molar-refractivity contribution in [1.82, 2.24) is 4.90 Å². The molecule has 1 aliphatic rings. The Morgan fingerprint density at radius 2 is 2.23 bits per heavy atom. The van der Waals surface area contributed by atoms with E-state index in [1.807, 2.05) is 4.90 Å². The molecule has 0 spiro atoms. The SMILES string of the molecule is C[C@@H]1CN([C@@H](C)C(=O)O)C[C@@H]1CO. The normalized spacial score (nSPS) is 31.9. The number of aliphatic carboxylic acids is 1. The molecule has 0 aromatic carbocycles. The van der Waals surface area contributed by atoms with E-state index in [1.165, 1.54) is 0 Å². The van der Waals surface area contributed by atoms with Crippen LogP contribution in [0.1, 0.15) is 13.8 Å². The number of carbonyl (C=O) groups is 1. The first-order valence-corrected chi connectivity index (χ1v) is 4.64. The van der Waals surface area contributed by atoms with Gasteiger partial charge in [0.15, 0.2) is 0 Å². The Kier molecular flexibility index (Phi) is 3.27. The Morgan fingerprint density at radius 1 is 1.62 bits per heavy atom. The van der Waals surface area contributed by atoms with Crippen molar-refractivity contribution in [3.63, 3.8) is 0 Å². The van der Waals surface area contributed by atoms with Gasteiger partial charge in [-0.15, -0.1) is 0 Å². The summed E-state index contributed by atoms with van der Waals surface area (Å²) in [6, 6.07) is -0.431. The predicted molar refractivity (Wildman–Crippen MR) is 48.4 cm³/mol. The van der Waals surface area contributed by atoms with Crippen LogP contribution in [0.25, 0.3) is 0 Å². The average Bonchev–Trinajstić information content (AvgIpc) is 2.45. The maximum Gasteiger partial charge on any atom is 0.320 e. The van der Waals surface area contributed by atoms with Crippen molar-refractivity contribution < 1.29 is 15.0 Å². The van der Waals surface area contributed by atoms with Crippen molar-refractivity contribution in [3.05, 3.63) is 0 Å². The molecule has 1 heterocycles. The van der Waals surface area contributed by atoms with Crippen molar-refractivity contribution >= 4 is 5.97 Å².